The third kappa shape index (κ3) is 2.73. The van der Waals surface area contributed by atoms with E-state index in [1.54, 1.807) is 0 Å². The molecule has 19 heavy (non-hydrogen) atoms. The van der Waals surface area contributed by atoms with E-state index in [4.69, 9.17) is 9.84 Å². The van der Waals surface area contributed by atoms with Gasteiger partial charge in [0.25, 0.3) is 0 Å². The summed E-state index contributed by atoms with van der Waals surface area (Å²) in [4.78, 5) is 13.2. The molecule has 0 spiro atoms. The fourth-order valence-electron chi connectivity index (χ4n) is 2.92. The molecule has 4 nitrogen and oxygen atoms in total. The molecule has 1 aromatic carbocycles. The number of hydrogen-bond acceptors (Lipinski definition) is 3. The molecule has 3 rings (SSSR count). The Bertz CT molecular complexity index is 486. The van der Waals surface area contributed by atoms with Crippen LogP contribution in [0.2, 0.25) is 0 Å². The van der Waals surface area contributed by atoms with Crippen LogP contribution < -0.4 is 4.74 Å². The van der Waals surface area contributed by atoms with Crippen LogP contribution in [0.4, 0.5) is 0 Å². The second-order valence-electron chi connectivity index (χ2n) is 5.41. The minimum Gasteiger partial charge on any atom is -0.493 e. The average Bonchev–Trinajstić information content (AvgIpc) is 3.04. The van der Waals surface area contributed by atoms with Crippen molar-refractivity contribution in [1.82, 2.24) is 4.90 Å². The van der Waals surface area contributed by atoms with Crippen molar-refractivity contribution in [3.05, 3.63) is 29.3 Å². The largest absolute Gasteiger partial charge is 0.493 e. The first-order valence-corrected chi connectivity index (χ1v) is 6.92. The summed E-state index contributed by atoms with van der Waals surface area (Å²) in [7, 11) is 0. The molecule has 0 unspecified atom stereocenters. The summed E-state index contributed by atoms with van der Waals surface area (Å²) in [5, 5.41) is 8.98. The summed E-state index contributed by atoms with van der Waals surface area (Å²) in [6.45, 7) is 3.35. The molecule has 2 heterocycles. The topological polar surface area (TPSA) is 49.8 Å². The van der Waals surface area contributed by atoms with Crippen LogP contribution in [0.15, 0.2) is 18.2 Å². The van der Waals surface area contributed by atoms with E-state index in [-0.39, 0.29) is 5.92 Å². The Morgan fingerprint density at radius 3 is 3.16 bits per heavy atom. The molecule has 2 aliphatic heterocycles. The molecule has 1 saturated heterocycles. The van der Waals surface area contributed by atoms with Gasteiger partial charge in [-0.3, -0.25) is 4.79 Å². The van der Waals surface area contributed by atoms with Crippen molar-refractivity contribution in [2.24, 2.45) is 5.92 Å². The van der Waals surface area contributed by atoms with Gasteiger partial charge in [0.05, 0.1) is 12.5 Å². The van der Waals surface area contributed by atoms with Gasteiger partial charge in [-0.1, -0.05) is 12.1 Å². The van der Waals surface area contributed by atoms with E-state index in [1.807, 2.05) is 0 Å². The van der Waals surface area contributed by atoms with Crippen LogP contribution >= 0.6 is 0 Å². The Morgan fingerprint density at radius 2 is 2.37 bits per heavy atom. The summed E-state index contributed by atoms with van der Waals surface area (Å²) >= 11 is 0. The molecular formula is C15H19NO3. The van der Waals surface area contributed by atoms with Crippen molar-refractivity contribution in [2.45, 2.75) is 19.3 Å². The Morgan fingerprint density at radius 1 is 1.47 bits per heavy atom. The molecular weight excluding hydrogens is 242 g/mol. The molecule has 1 atom stereocenters. The van der Waals surface area contributed by atoms with Crippen LogP contribution in [0.1, 0.15) is 17.5 Å². The first kappa shape index (κ1) is 12.5. The number of carbonyl (C=O) groups is 1. The number of rotatable bonds is 4. The minimum absolute atomic E-state index is 0.173. The predicted molar refractivity (Wildman–Crippen MR) is 71.5 cm³/mol. The van der Waals surface area contributed by atoms with Gasteiger partial charge < -0.3 is 14.7 Å². The number of carboxylic acid groups (broad SMARTS) is 1. The maximum atomic E-state index is 10.9. The second-order valence-corrected chi connectivity index (χ2v) is 5.41. The number of aliphatic carboxylic acids is 1. The lowest BCUT2D eigenvalue weighted by Gasteiger charge is -2.15. The number of carboxylic acids is 1. The van der Waals surface area contributed by atoms with Crippen LogP contribution in [0.5, 0.6) is 5.75 Å². The summed E-state index contributed by atoms with van der Waals surface area (Å²) in [5.74, 6) is 0.196. The van der Waals surface area contributed by atoms with Gasteiger partial charge in [-0.2, -0.15) is 0 Å². The molecule has 0 radical (unpaired) electrons. The van der Waals surface area contributed by atoms with Gasteiger partial charge in [0.2, 0.25) is 0 Å². The molecule has 0 amide bonds. The SMILES string of the molecule is O=C(O)[C@@H]1CCN(CCc2ccc3c(c2)CCO3)C1. The third-order valence-electron chi connectivity index (χ3n) is 4.09. The highest BCUT2D eigenvalue weighted by Crippen LogP contribution is 2.26. The highest BCUT2D eigenvalue weighted by molar-refractivity contribution is 5.70. The maximum Gasteiger partial charge on any atom is 0.307 e. The number of nitrogens with zero attached hydrogens (tertiary/aromatic N) is 1. The first-order valence-electron chi connectivity index (χ1n) is 6.92. The average molecular weight is 261 g/mol. The zero-order valence-corrected chi connectivity index (χ0v) is 11.0. The number of hydrogen-bond donors (Lipinski definition) is 1. The van der Waals surface area contributed by atoms with Crippen molar-refractivity contribution in [3.63, 3.8) is 0 Å². The van der Waals surface area contributed by atoms with E-state index in [0.717, 1.165) is 44.7 Å². The van der Waals surface area contributed by atoms with E-state index >= 15 is 0 Å². The molecule has 102 valence electrons. The van der Waals surface area contributed by atoms with Gasteiger partial charge in [0, 0.05) is 19.5 Å². The highest BCUT2D eigenvalue weighted by Gasteiger charge is 2.27. The Labute approximate surface area is 113 Å². The van der Waals surface area contributed by atoms with Gasteiger partial charge >= 0.3 is 5.97 Å². The van der Waals surface area contributed by atoms with Crippen LogP contribution in [-0.2, 0) is 17.6 Å². The quantitative estimate of drug-likeness (QED) is 0.894. The second kappa shape index (κ2) is 5.21. The lowest BCUT2D eigenvalue weighted by molar-refractivity contribution is -0.141. The number of fused-ring (bicyclic) bond motifs is 1. The van der Waals surface area contributed by atoms with Crippen LogP contribution in [0.25, 0.3) is 0 Å². The lowest BCUT2D eigenvalue weighted by Crippen LogP contribution is -2.25. The summed E-state index contributed by atoms with van der Waals surface area (Å²) in [5.41, 5.74) is 2.63. The number of likely N-dealkylation sites (tertiary alicyclic amines) is 1. The molecule has 2 aliphatic rings. The van der Waals surface area contributed by atoms with Gasteiger partial charge in [-0.25, -0.2) is 0 Å². The number of ether oxygens (including phenoxy) is 1. The van der Waals surface area contributed by atoms with Crippen molar-refractivity contribution in [3.8, 4) is 5.75 Å². The smallest absolute Gasteiger partial charge is 0.307 e. The molecule has 0 saturated carbocycles. The standard InChI is InChI=1S/C15H19NO3/c17-15(18)13-4-7-16(10-13)6-3-11-1-2-14-12(9-11)5-8-19-14/h1-2,9,13H,3-8,10H2,(H,17,18)/t13-/m1/s1. The molecule has 0 aliphatic carbocycles. The van der Waals surface area contributed by atoms with E-state index in [9.17, 15) is 4.79 Å². The first-order chi connectivity index (χ1) is 9.22. The Hall–Kier alpha value is -1.55. The van der Waals surface area contributed by atoms with Crippen molar-refractivity contribution in [2.75, 3.05) is 26.2 Å². The van der Waals surface area contributed by atoms with Crippen LogP contribution in [0, 0.1) is 5.92 Å². The van der Waals surface area contributed by atoms with Gasteiger partial charge in [0.15, 0.2) is 0 Å². The zero-order valence-electron chi connectivity index (χ0n) is 11.0. The summed E-state index contributed by atoms with van der Waals surface area (Å²) in [6.07, 6.45) is 2.78. The highest BCUT2D eigenvalue weighted by atomic mass is 16.5. The lowest BCUT2D eigenvalue weighted by atomic mass is 10.1. The summed E-state index contributed by atoms with van der Waals surface area (Å²) < 4.78 is 5.50. The predicted octanol–water partition coefficient (Wildman–Crippen LogP) is 1.57. The molecule has 1 fully saturated rings. The molecule has 4 heteroatoms. The van der Waals surface area contributed by atoms with Gasteiger partial charge in [-0.05, 0) is 36.6 Å². The number of benzene rings is 1. The van der Waals surface area contributed by atoms with Crippen molar-refractivity contribution in [1.29, 1.82) is 0 Å². The molecule has 0 bridgehead atoms. The molecule has 1 N–H and O–H groups in total. The molecule has 1 aromatic rings. The molecule has 0 aromatic heterocycles. The summed E-state index contributed by atoms with van der Waals surface area (Å²) in [6, 6.07) is 6.41. The normalized spacial score (nSPS) is 22.2. The zero-order chi connectivity index (χ0) is 13.2. The Kier molecular flexibility index (Phi) is 3.42. The maximum absolute atomic E-state index is 10.9. The minimum atomic E-state index is -0.655. The van der Waals surface area contributed by atoms with E-state index in [2.05, 4.69) is 23.1 Å². The fraction of sp³-hybridized carbons (Fsp3) is 0.533. The van der Waals surface area contributed by atoms with E-state index in [1.165, 1.54) is 11.1 Å². The van der Waals surface area contributed by atoms with E-state index in [0.29, 0.717) is 6.54 Å². The fourth-order valence-corrected chi connectivity index (χ4v) is 2.92. The third-order valence-corrected chi connectivity index (χ3v) is 4.09. The van der Waals surface area contributed by atoms with Crippen LogP contribution in [-0.4, -0.2) is 42.2 Å². The van der Waals surface area contributed by atoms with E-state index < -0.39 is 5.97 Å². The van der Waals surface area contributed by atoms with Crippen molar-refractivity contribution < 1.29 is 14.6 Å². The van der Waals surface area contributed by atoms with Gasteiger partial charge in [0.1, 0.15) is 5.75 Å². The van der Waals surface area contributed by atoms with Crippen molar-refractivity contribution >= 4 is 5.97 Å². The van der Waals surface area contributed by atoms with Gasteiger partial charge in [-0.15, -0.1) is 0 Å². The van der Waals surface area contributed by atoms with Crippen LogP contribution in [0.3, 0.4) is 0 Å². The Balaban J connectivity index is 1.54. The monoisotopic (exact) mass is 261 g/mol.